The number of aryl methyl sites for hydroxylation is 1. The molecule has 4 heterocycles. The molecule has 0 spiro atoms. The number of methoxy groups -OCH3 is 1. The summed E-state index contributed by atoms with van der Waals surface area (Å²) in [6.45, 7) is 7.64. The van der Waals surface area contributed by atoms with E-state index in [-0.39, 0.29) is 35.8 Å². The van der Waals surface area contributed by atoms with Gasteiger partial charge in [-0.25, -0.2) is 19.1 Å². The highest BCUT2D eigenvalue weighted by Crippen LogP contribution is 2.38. The summed E-state index contributed by atoms with van der Waals surface area (Å²) in [5.74, 6) is 1.04. The summed E-state index contributed by atoms with van der Waals surface area (Å²) in [6.07, 6.45) is 4.87. The van der Waals surface area contributed by atoms with Gasteiger partial charge in [-0.2, -0.15) is 8.42 Å². The van der Waals surface area contributed by atoms with Crippen molar-refractivity contribution in [2.45, 2.75) is 88.7 Å². The second-order valence-corrected chi connectivity index (χ2v) is 14.2. The van der Waals surface area contributed by atoms with Crippen molar-refractivity contribution in [3.05, 3.63) is 58.5 Å². The van der Waals surface area contributed by atoms with Crippen molar-refractivity contribution in [1.82, 2.24) is 14.9 Å². The Bertz CT molecular complexity index is 1460. The minimum atomic E-state index is -4.00. The molecule has 1 aromatic carbocycles. The van der Waals surface area contributed by atoms with Gasteiger partial charge in [0.05, 0.1) is 31.0 Å². The monoisotopic (exact) mass is 599 g/mol. The number of ether oxygens (including phenoxy) is 2. The molecule has 41 heavy (non-hydrogen) atoms. The van der Waals surface area contributed by atoms with Crippen molar-refractivity contribution in [3.8, 4) is 5.75 Å². The number of aromatic nitrogens is 2. The zero-order valence-electron chi connectivity index (χ0n) is 24.0. The number of nitrogens with one attached hydrogen (secondary N) is 1. The molecule has 2 aromatic heterocycles. The van der Waals surface area contributed by atoms with Crippen LogP contribution in [0.3, 0.4) is 0 Å². The highest BCUT2D eigenvalue weighted by molar-refractivity contribution is 7.92. The van der Waals surface area contributed by atoms with E-state index in [9.17, 15) is 13.2 Å². The highest BCUT2D eigenvalue weighted by Gasteiger charge is 2.45. The molecule has 2 unspecified atom stereocenters. The zero-order chi connectivity index (χ0) is 29.4. The van der Waals surface area contributed by atoms with E-state index in [4.69, 9.17) is 9.47 Å². The molecule has 1 amide bonds. The van der Waals surface area contributed by atoms with E-state index in [0.29, 0.717) is 11.6 Å². The fourth-order valence-electron chi connectivity index (χ4n) is 5.58. The van der Waals surface area contributed by atoms with E-state index in [1.165, 1.54) is 15.6 Å². The Morgan fingerprint density at radius 3 is 2.39 bits per heavy atom. The third-order valence-corrected chi connectivity index (χ3v) is 9.72. The normalized spacial score (nSPS) is 20.5. The number of thiazole rings is 1. The van der Waals surface area contributed by atoms with Gasteiger partial charge in [0.2, 0.25) is 0 Å². The van der Waals surface area contributed by atoms with Crippen molar-refractivity contribution < 1.29 is 22.7 Å². The van der Waals surface area contributed by atoms with E-state index < -0.39 is 15.6 Å². The molecular weight excluding hydrogens is 562 g/mol. The van der Waals surface area contributed by atoms with Crippen LogP contribution < -0.4 is 14.4 Å². The van der Waals surface area contributed by atoms with Crippen LogP contribution in [0.1, 0.15) is 57.6 Å². The molecule has 2 bridgehead atoms. The molecule has 2 aliphatic rings. The lowest BCUT2D eigenvalue weighted by molar-refractivity contribution is 0.00682. The van der Waals surface area contributed by atoms with Gasteiger partial charge in [0.1, 0.15) is 11.4 Å². The number of carbonyl (C=O) groups excluding carboxylic acids is 1. The Hall–Kier alpha value is -3.38. The summed E-state index contributed by atoms with van der Waals surface area (Å²) in [6, 6.07) is 9.27. The van der Waals surface area contributed by atoms with Crippen LogP contribution in [-0.2, 0) is 21.3 Å². The molecular formula is C29H37N5O5S2. The largest absolute Gasteiger partial charge is 0.497 e. The SMILES string of the molecule is COc1ccc(CN(c2cscn2)S(=O)(=O)c2cc(C)c(NC3CC4CCC(C3)N4C(=O)OC(C)(C)C)cn2)cc1. The summed E-state index contributed by atoms with van der Waals surface area (Å²) in [4.78, 5) is 23.4. The maximum absolute atomic E-state index is 13.8. The fourth-order valence-corrected chi connectivity index (χ4v) is 7.59. The van der Waals surface area contributed by atoms with E-state index in [2.05, 4.69) is 15.3 Å². The molecule has 10 nitrogen and oxygen atoms in total. The number of fused-ring (bicyclic) bond motifs is 2. The maximum Gasteiger partial charge on any atom is 0.410 e. The lowest BCUT2D eigenvalue weighted by Gasteiger charge is -2.40. The number of hydrogen-bond donors (Lipinski definition) is 1. The number of piperidine rings is 1. The number of nitrogens with zero attached hydrogens (tertiary/aromatic N) is 4. The predicted octanol–water partition coefficient (Wildman–Crippen LogP) is 5.59. The molecule has 2 fully saturated rings. The van der Waals surface area contributed by atoms with Gasteiger partial charge in [0, 0.05) is 23.5 Å². The zero-order valence-corrected chi connectivity index (χ0v) is 25.7. The molecule has 2 atom stereocenters. The van der Waals surface area contributed by atoms with Crippen LogP contribution in [0.5, 0.6) is 5.75 Å². The van der Waals surface area contributed by atoms with Crippen LogP contribution in [0, 0.1) is 6.92 Å². The molecule has 220 valence electrons. The van der Waals surface area contributed by atoms with Gasteiger partial charge in [-0.3, -0.25) is 0 Å². The number of pyridine rings is 1. The average Bonchev–Trinajstić information content (AvgIpc) is 3.54. The van der Waals surface area contributed by atoms with Gasteiger partial charge in [-0.1, -0.05) is 12.1 Å². The van der Waals surface area contributed by atoms with Crippen LogP contribution >= 0.6 is 11.3 Å². The Morgan fingerprint density at radius 1 is 1.15 bits per heavy atom. The Morgan fingerprint density at radius 2 is 1.83 bits per heavy atom. The molecule has 12 heteroatoms. The summed E-state index contributed by atoms with van der Waals surface area (Å²) in [5.41, 5.74) is 3.45. The summed E-state index contributed by atoms with van der Waals surface area (Å²) < 4.78 is 39.8. The predicted molar refractivity (Wildman–Crippen MR) is 159 cm³/mol. The third-order valence-electron chi connectivity index (χ3n) is 7.50. The van der Waals surface area contributed by atoms with Crippen LogP contribution in [0.2, 0.25) is 0 Å². The number of carbonyl (C=O) groups is 1. The highest BCUT2D eigenvalue weighted by atomic mass is 32.2. The van der Waals surface area contributed by atoms with Gasteiger partial charge in [-0.05, 0) is 82.7 Å². The minimum absolute atomic E-state index is 0.0399. The summed E-state index contributed by atoms with van der Waals surface area (Å²) >= 11 is 1.33. The number of amides is 1. The number of rotatable bonds is 8. The Labute approximate surface area is 245 Å². The number of sulfonamides is 1. The summed E-state index contributed by atoms with van der Waals surface area (Å²) in [5, 5.41) is 5.24. The van der Waals surface area contributed by atoms with Crippen molar-refractivity contribution in [1.29, 1.82) is 0 Å². The van der Waals surface area contributed by atoms with Gasteiger partial charge in [-0.15, -0.1) is 11.3 Å². The third kappa shape index (κ3) is 6.43. The second kappa shape index (κ2) is 11.5. The molecule has 5 rings (SSSR count). The van der Waals surface area contributed by atoms with Crippen LogP contribution in [0.25, 0.3) is 0 Å². The average molecular weight is 600 g/mol. The maximum atomic E-state index is 13.8. The van der Waals surface area contributed by atoms with E-state index in [1.807, 2.05) is 44.7 Å². The van der Waals surface area contributed by atoms with Gasteiger partial charge < -0.3 is 19.7 Å². The topological polar surface area (TPSA) is 114 Å². The molecule has 0 aliphatic carbocycles. The Kier molecular flexibility index (Phi) is 8.15. The Balaban J connectivity index is 1.31. The molecule has 2 aliphatic heterocycles. The van der Waals surface area contributed by atoms with Gasteiger partial charge >= 0.3 is 6.09 Å². The van der Waals surface area contributed by atoms with Crippen molar-refractivity contribution >= 4 is 39.0 Å². The van der Waals surface area contributed by atoms with Crippen LogP contribution in [0.4, 0.5) is 16.3 Å². The number of hydrogen-bond acceptors (Lipinski definition) is 9. The molecule has 0 saturated carbocycles. The first-order valence-electron chi connectivity index (χ1n) is 13.7. The first-order chi connectivity index (χ1) is 19.4. The van der Waals surface area contributed by atoms with Crippen molar-refractivity contribution in [3.63, 3.8) is 0 Å². The van der Waals surface area contributed by atoms with Crippen LogP contribution in [0.15, 0.2) is 52.4 Å². The van der Waals surface area contributed by atoms with Crippen molar-refractivity contribution in [2.24, 2.45) is 0 Å². The van der Waals surface area contributed by atoms with E-state index >= 15 is 0 Å². The lowest BCUT2D eigenvalue weighted by atomic mass is 9.97. The smallest absolute Gasteiger partial charge is 0.410 e. The summed E-state index contributed by atoms with van der Waals surface area (Å²) in [7, 11) is -2.41. The minimum Gasteiger partial charge on any atom is -0.497 e. The first-order valence-corrected chi connectivity index (χ1v) is 16.1. The second-order valence-electron chi connectivity index (χ2n) is 11.6. The van der Waals surface area contributed by atoms with Crippen molar-refractivity contribution in [2.75, 3.05) is 16.7 Å². The standard InChI is InChI=1S/C29H37N5O5S2/c1-19-12-27(41(36,37)33(26-17-40-18-31-26)16-20-6-10-24(38-5)11-7-20)30-15-25(19)32-21-13-22-8-9-23(14-21)34(22)28(35)39-29(2,3)4/h6-7,10-12,15,17-18,21-23,32H,8-9,13-14,16H2,1-5H3. The van der Waals surface area contributed by atoms with Gasteiger partial charge in [0.15, 0.2) is 10.8 Å². The molecule has 2 saturated heterocycles. The first kappa shape index (κ1) is 29.1. The molecule has 3 aromatic rings. The lowest BCUT2D eigenvalue weighted by Crippen LogP contribution is -2.51. The number of benzene rings is 1. The fraction of sp³-hybridized carbons (Fsp3) is 0.483. The quantitative estimate of drug-likeness (QED) is 0.356. The number of anilines is 2. The molecule has 0 radical (unpaired) electrons. The van der Waals surface area contributed by atoms with Gasteiger partial charge in [0.25, 0.3) is 10.0 Å². The van der Waals surface area contributed by atoms with E-state index in [0.717, 1.165) is 42.5 Å². The van der Waals surface area contributed by atoms with E-state index in [1.54, 1.807) is 42.4 Å². The van der Waals surface area contributed by atoms with Crippen LogP contribution in [-0.4, -0.2) is 60.2 Å². The molecule has 1 N–H and O–H groups in total.